The number of hydrogen-bond donors (Lipinski definition) is 2. The first-order valence-corrected chi connectivity index (χ1v) is 12.6. The number of aromatic nitrogens is 2. The number of aryl methyl sites for hydroxylation is 2. The second-order valence-electron chi connectivity index (χ2n) is 9.37. The Labute approximate surface area is 215 Å². The highest BCUT2D eigenvalue weighted by molar-refractivity contribution is 5.95. The third-order valence-electron chi connectivity index (χ3n) is 6.72. The molecule has 192 valence electrons. The summed E-state index contributed by atoms with van der Waals surface area (Å²) in [5.41, 5.74) is 3.01. The fraction of sp³-hybridized carbons (Fsp3) is 0.357. The molecule has 1 aromatic heterocycles. The van der Waals surface area contributed by atoms with Gasteiger partial charge < -0.3 is 24.7 Å². The molecule has 3 heterocycles. The van der Waals surface area contributed by atoms with Crippen LogP contribution in [0, 0.1) is 0 Å². The quantitative estimate of drug-likeness (QED) is 0.435. The summed E-state index contributed by atoms with van der Waals surface area (Å²) in [6.07, 6.45) is 3.64. The Morgan fingerprint density at radius 2 is 1.78 bits per heavy atom. The number of aromatic amines is 1. The molecule has 0 radical (unpaired) electrons. The van der Waals surface area contributed by atoms with Gasteiger partial charge in [0, 0.05) is 18.4 Å². The van der Waals surface area contributed by atoms with Crippen molar-refractivity contribution in [3.63, 3.8) is 0 Å². The molecule has 9 heteroatoms. The Balaban J connectivity index is 1.18. The molecular weight excluding hydrogens is 472 g/mol. The molecule has 2 aromatic carbocycles. The number of benzene rings is 2. The van der Waals surface area contributed by atoms with Crippen molar-refractivity contribution in [1.82, 2.24) is 20.2 Å². The SMILES string of the molecule is O=C1C[C@H](NC(=O)[C@H]2CCCN2C(=O)c2ncc(CCc3ccccc3)[nH]2)[C@@H](OCc2ccccc2)O1. The third kappa shape index (κ3) is 6.06. The summed E-state index contributed by atoms with van der Waals surface area (Å²) in [4.78, 5) is 47.3. The largest absolute Gasteiger partial charge is 0.433 e. The minimum absolute atomic E-state index is 0.0226. The molecule has 2 fully saturated rings. The van der Waals surface area contributed by atoms with E-state index in [0.29, 0.717) is 19.4 Å². The van der Waals surface area contributed by atoms with Crippen molar-refractivity contribution >= 4 is 17.8 Å². The van der Waals surface area contributed by atoms with Crippen LogP contribution in [0.15, 0.2) is 66.9 Å². The van der Waals surface area contributed by atoms with Crippen LogP contribution in [-0.2, 0) is 38.5 Å². The zero-order valence-corrected chi connectivity index (χ0v) is 20.5. The van der Waals surface area contributed by atoms with Crippen molar-refractivity contribution in [1.29, 1.82) is 0 Å². The lowest BCUT2D eigenvalue weighted by Gasteiger charge is -2.26. The van der Waals surface area contributed by atoms with Crippen LogP contribution < -0.4 is 5.32 Å². The minimum atomic E-state index is -0.876. The molecule has 5 rings (SSSR count). The smallest absolute Gasteiger partial charge is 0.310 e. The molecule has 2 aliphatic rings. The number of cyclic esters (lactones) is 1. The van der Waals surface area contributed by atoms with E-state index in [9.17, 15) is 14.4 Å². The van der Waals surface area contributed by atoms with E-state index in [-0.39, 0.29) is 30.7 Å². The van der Waals surface area contributed by atoms with E-state index in [0.717, 1.165) is 24.1 Å². The Morgan fingerprint density at radius 1 is 1.05 bits per heavy atom. The average Bonchev–Trinajstić information content (AvgIpc) is 3.67. The molecule has 0 saturated carbocycles. The summed E-state index contributed by atoms with van der Waals surface area (Å²) < 4.78 is 11.1. The summed E-state index contributed by atoms with van der Waals surface area (Å²) in [6.45, 7) is 0.718. The van der Waals surface area contributed by atoms with Gasteiger partial charge in [0.25, 0.3) is 5.91 Å². The highest BCUT2D eigenvalue weighted by atomic mass is 16.7. The van der Waals surface area contributed by atoms with Gasteiger partial charge in [0.2, 0.25) is 12.2 Å². The van der Waals surface area contributed by atoms with E-state index in [2.05, 4.69) is 27.4 Å². The first kappa shape index (κ1) is 24.7. The van der Waals surface area contributed by atoms with Crippen LogP contribution in [0.1, 0.15) is 46.7 Å². The number of ether oxygens (including phenoxy) is 2. The number of esters is 1. The Kier molecular flexibility index (Phi) is 7.60. The van der Waals surface area contributed by atoms with Gasteiger partial charge in [-0.25, -0.2) is 4.98 Å². The topological polar surface area (TPSA) is 114 Å². The number of hydrogen-bond acceptors (Lipinski definition) is 6. The number of carbonyl (C=O) groups is 3. The van der Waals surface area contributed by atoms with E-state index < -0.39 is 24.3 Å². The van der Waals surface area contributed by atoms with Crippen molar-refractivity contribution in [3.05, 3.63) is 89.5 Å². The van der Waals surface area contributed by atoms with E-state index >= 15 is 0 Å². The van der Waals surface area contributed by atoms with Gasteiger partial charge in [0.1, 0.15) is 12.1 Å². The molecule has 2 saturated heterocycles. The fourth-order valence-corrected chi connectivity index (χ4v) is 4.77. The van der Waals surface area contributed by atoms with Crippen LogP contribution in [0.25, 0.3) is 0 Å². The number of carbonyl (C=O) groups excluding carboxylic acids is 3. The van der Waals surface area contributed by atoms with Crippen molar-refractivity contribution in [2.75, 3.05) is 6.54 Å². The van der Waals surface area contributed by atoms with Crippen LogP contribution in [0.4, 0.5) is 0 Å². The number of nitrogens with zero attached hydrogens (tertiary/aromatic N) is 2. The zero-order chi connectivity index (χ0) is 25.6. The number of rotatable bonds is 9. The summed E-state index contributed by atoms with van der Waals surface area (Å²) in [7, 11) is 0. The second-order valence-corrected chi connectivity index (χ2v) is 9.37. The first-order valence-electron chi connectivity index (χ1n) is 12.6. The van der Waals surface area contributed by atoms with Crippen LogP contribution in [0.2, 0.25) is 0 Å². The Bertz CT molecular complexity index is 1230. The summed E-state index contributed by atoms with van der Waals surface area (Å²) in [6, 6.07) is 18.4. The average molecular weight is 503 g/mol. The van der Waals surface area contributed by atoms with E-state index in [1.807, 2.05) is 48.5 Å². The molecule has 9 nitrogen and oxygen atoms in total. The van der Waals surface area contributed by atoms with Crippen molar-refractivity contribution in [2.24, 2.45) is 0 Å². The normalized spacial score (nSPS) is 21.1. The molecule has 3 aromatic rings. The monoisotopic (exact) mass is 502 g/mol. The van der Waals surface area contributed by atoms with Crippen LogP contribution in [0.3, 0.4) is 0 Å². The lowest BCUT2D eigenvalue weighted by atomic mass is 10.1. The molecule has 37 heavy (non-hydrogen) atoms. The van der Waals surface area contributed by atoms with Crippen molar-refractivity contribution in [2.45, 2.75) is 57.1 Å². The van der Waals surface area contributed by atoms with Gasteiger partial charge in [0.15, 0.2) is 5.82 Å². The predicted molar refractivity (Wildman–Crippen MR) is 134 cm³/mol. The van der Waals surface area contributed by atoms with E-state index in [4.69, 9.17) is 9.47 Å². The molecule has 2 amide bonds. The number of likely N-dealkylation sites (tertiary alicyclic amines) is 1. The van der Waals surface area contributed by atoms with Gasteiger partial charge in [0.05, 0.1) is 13.0 Å². The van der Waals surface area contributed by atoms with E-state index in [1.54, 1.807) is 11.1 Å². The summed E-state index contributed by atoms with van der Waals surface area (Å²) in [5, 5.41) is 2.88. The molecule has 0 bridgehead atoms. The molecule has 0 unspecified atom stereocenters. The number of H-pyrrole nitrogens is 1. The highest BCUT2D eigenvalue weighted by Gasteiger charge is 2.41. The van der Waals surface area contributed by atoms with Gasteiger partial charge in [-0.15, -0.1) is 0 Å². The maximum absolute atomic E-state index is 13.2. The predicted octanol–water partition coefficient (Wildman–Crippen LogP) is 2.77. The van der Waals surface area contributed by atoms with Gasteiger partial charge in [-0.3, -0.25) is 14.4 Å². The van der Waals surface area contributed by atoms with Crippen LogP contribution >= 0.6 is 0 Å². The molecule has 3 atom stereocenters. The van der Waals surface area contributed by atoms with Crippen LogP contribution in [0.5, 0.6) is 0 Å². The maximum atomic E-state index is 13.2. The van der Waals surface area contributed by atoms with E-state index in [1.165, 1.54) is 5.56 Å². The number of amides is 2. The molecule has 2 aliphatic heterocycles. The summed E-state index contributed by atoms with van der Waals surface area (Å²) in [5.74, 6) is -0.829. The van der Waals surface area contributed by atoms with Gasteiger partial charge in [-0.2, -0.15) is 0 Å². The van der Waals surface area contributed by atoms with Gasteiger partial charge >= 0.3 is 5.97 Å². The molecule has 2 N–H and O–H groups in total. The fourth-order valence-electron chi connectivity index (χ4n) is 4.77. The first-order chi connectivity index (χ1) is 18.1. The molecule has 0 aliphatic carbocycles. The molecular formula is C28H30N4O5. The third-order valence-corrected chi connectivity index (χ3v) is 6.72. The lowest BCUT2D eigenvalue weighted by molar-refractivity contribution is -0.168. The van der Waals surface area contributed by atoms with Crippen molar-refractivity contribution < 1.29 is 23.9 Å². The Morgan fingerprint density at radius 3 is 2.54 bits per heavy atom. The number of nitrogens with one attached hydrogen (secondary N) is 2. The molecule has 0 spiro atoms. The number of imidazole rings is 1. The van der Waals surface area contributed by atoms with Crippen LogP contribution in [-0.4, -0.2) is 57.6 Å². The van der Waals surface area contributed by atoms with Crippen molar-refractivity contribution in [3.8, 4) is 0 Å². The highest BCUT2D eigenvalue weighted by Crippen LogP contribution is 2.23. The van der Waals surface area contributed by atoms with Gasteiger partial charge in [-0.1, -0.05) is 60.7 Å². The van der Waals surface area contributed by atoms with Gasteiger partial charge in [-0.05, 0) is 36.8 Å². The standard InChI is InChI=1S/C28H30N4O5/c33-24-16-22(28(37-24)36-18-20-10-5-2-6-11-20)31-26(34)23-12-7-15-32(23)27(35)25-29-17-21(30-25)14-13-19-8-3-1-4-9-19/h1-6,8-11,17,22-23,28H,7,12-16,18H2,(H,29,30)(H,31,34)/t22-,23+,28-/m0/s1. The zero-order valence-electron chi connectivity index (χ0n) is 20.5. The lowest BCUT2D eigenvalue weighted by Crippen LogP contribution is -2.51. The minimum Gasteiger partial charge on any atom is -0.433 e. The Hall–Kier alpha value is -3.98. The summed E-state index contributed by atoms with van der Waals surface area (Å²) >= 11 is 0. The maximum Gasteiger partial charge on any atom is 0.310 e. The second kappa shape index (κ2) is 11.4.